The first-order chi connectivity index (χ1) is 5.42. The van der Waals surface area contributed by atoms with Gasteiger partial charge in [-0.2, -0.15) is 0 Å². The summed E-state index contributed by atoms with van der Waals surface area (Å²) in [5.74, 6) is 0. The Hall–Kier alpha value is -0.480. The number of nitrogens with zero attached hydrogens (tertiary/aromatic N) is 1. The molecule has 0 saturated heterocycles. The summed E-state index contributed by atoms with van der Waals surface area (Å²) in [6.45, 7) is 1.44. The van der Waals surface area contributed by atoms with Crippen LogP contribution in [0.25, 0.3) is 0 Å². The summed E-state index contributed by atoms with van der Waals surface area (Å²) in [4.78, 5) is 0. The van der Waals surface area contributed by atoms with E-state index in [9.17, 15) is 5.11 Å². The molecule has 0 unspecified atom stereocenters. The molecule has 0 aliphatic heterocycles. The molecule has 13 heavy (non-hydrogen) atoms. The van der Waals surface area contributed by atoms with Crippen molar-refractivity contribution in [3.05, 3.63) is 0 Å². The molecule has 0 aromatic carbocycles. The predicted octanol–water partition coefficient (Wildman–Crippen LogP) is 0.206. The summed E-state index contributed by atoms with van der Waals surface area (Å²) in [6, 6.07) is 0. The van der Waals surface area contributed by atoms with Crippen LogP contribution in [-0.2, 0) is 4.74 Å². The van der Waals surface area contributed by atoms with E-state index < -0.39 is 6.08 Å². The van der Waals surface area contributed by atoms with Crippen LogP contribution in [0.4, 0.5) is 0 Å². The van der Waals surface area contributed by atoms with E-state index in [0.29, 0.717) is 6.61 Å². The molecule has 0 amide bonds. The topological polar surface area (TPSA) is 56.1 Å². The molecule has 0 aliphatic rings. The Bertz CT molecular complexity index is 146. The van der Waals surface area contributed by atoms with Crippen LogP contribution >= 0.6 is 12.4 Å². The summed E-state index contributed by atoms with van der Waals surface area (Å²) in [5, 5.41) is 16.5. The fourth-order valence-electron chi connectivity index (χ4n) is 0.853. The van der Waals surface area contributed by atoms with Crippen LogP contribution in [0.1, 0.15) is 12.8 Å². The van der Waals surface area contributed by atoms with Crippen molar-refractivity contribution in [3.63, 3.8) is 0 Å². The number of halogens is 1. The Morgan fingerprint density at radius 2 is 1.85 bits per heavy atom. The standard InChI is InChI=1S/C8H18N2O2.ClH/c1-10(2,3)6-4-5-7-12-8(9)11;/h4-7H2,1-3H3,(H-,9,11);1H. The van der Waals surface area contributed by atoms with E-state index in [-0.39, 0.29) is 12.4 Å². The Labute approximate surface area is 86.0 Å². The molecular formula is C8H19ClN2O2. The maximum Gasteiger partial charge on any atom is 0.142 e. The molecule has 0 aromatic heterocycles. The minimum absolute atomic E-state index is 0. The third kappa shape index (κ3) is 14.4. The average Bonchev–Trinajstić information content (AvgIpc) is 1.83. The molecule has 0 aromatic rings. The van der Waals surface area contributed by atoms with Gasteiger partial charge in [0.25, 0.3) is 0 Å². The Kier molecular flexibility index (Phi) is 8.05. The first kappa shape index (κ1) is 15.0. The number of hydrogen-bond donors (Lipinski definition) is 1. The molecule has 0 rings (SSSR count). The van der Waals surface area contributed by atoms with E-state index in [1.807, 2.05) is 0 Å². The molecular weight excluding hydrogens is 192 g/mol. The van der Waals surface area contributed by atoms with Gasteiger partial charge < -0.3 is 14.3 Å². The van der Waals surface area contributed by atoms with Crippen molar-refractivity contribution in [2.75, 3.05) is 34.3 Å². The molecule has 80 valence electrons. The lowest BCUT2D eigenvalue weighted by molar-refractivity contribution is -0.870. The van der Waals surface area contributed by atoms with Crippen molar-refractivity contribution >= 4 is 18.5 Å². The second-order valence-corrected chi connectivity index (χ2v) is 3.86. The summed E-state index contributed by atoms with van der Waals surface area (Å²) >= 11 is 0. The Morgan fingerprint density at radius 1 is 1.31 bits per heavy atom. The van der Waals surface area contributed by atoms with Crippen molar-refractivity contribution in [2.45, 2.75) is 12.8 Å². The number of nitrogens with one attached hydrogen (secondary N) is 1. The van der Waals surface area contributed by atoms with E-state index >= 15 is 0 Å². The number of rotatable bonds is 5. The van der Waals surface area contributed by atoms with Gasteiger partial charge in [-0.15, -0.1) is 12.4 Å². The summed E-state index contributed by atoms with van der Waals surface area (Å²) < 4.78 is 5.40. The van der Waals surface area contributed by atoms with Crippen LogP contribution in [0.15, 0.2) is 0 Å². The predicted molar refractivity (Wildman–Crippen MR) is 53.1 cm³/mol. The van der Waals surface area contributed by atoms with Crippen LogP contribution in [-0.4, -0.2) is 44.9 Å². The van der Waals surface area contributed by atoms with E-state index in [1.165, 1.54) is 0 Å². The van der Waals surface area contributed by atoms with Gasteiger partial charge in [-0.25, -0.2) is 0 Å². The highest BCUT2D eigenvalue weighted by molar-refractivity contribution is 5.85. The fourth-order valence-corrected chi connectivity index (χ4v) is 0.853. The van der Waals surface area contributed by atoms with Crippen LogP contribution in [0.5, 0.6) is 0 Å². The molecule has 0 radical (unpaired) electrons. The molecule has 5 heteroatoms. The smallest absolute Gasteiger partial charge is 0.142 e. The fraction of sp³-hybridized carbons (Fsp3) is 0.875. The van der Waals surface area contributed by atoms with Crippen LogP contribution in [0.2, 0.25) is 0 Å². The van der Waals surface area contributed by atoms with E-state index in [4.69, 9.17) is 5.41 Å². The second-order valence-electron chi connectivity index (χ2n) is 3.86. The van der Waals surface area contributed by atoms with E-state index in [2.05, 4.69) is 25.9 Å². The van der Waals surface area contributed by atoms with Gasteiger partial charge in [0.05, 0.1) is 27.7 Å². The van der Waals surface area contributed by atoms with Gasteiger partial charge >= 0.3 is 0 Å². The number of ether oxygens (including phenoxy) is 1. The van der Waals surface area contributed by atoms with E-state index in [0.717, 1.165) is 23.9 Å². The molecule has 0 aliphatic carbocycles. The first-order valence-corrected chi connectivity index (χ1v) is 4.10. The molecule has 1 N–H and O–H groups in total. The van der Waals surface area contributed by atoms with Crippen molar-refractivity contribution in [2.24, 2.45) is 0 Å². The largest absolute Gasteiger partial charge is 0.601 e. The average molecular weight is 211 g/mol. The van der Waals surface area contributed by atoms with E-state index in [1.54, 1.807) is 0 Å². The van der Waals surface area contributed by atoms with Crippen molar-refractivity contribution in [3.8, 4) is 0 Å². The maximum atomic E-state index is 10.0. The van der Waals surface area contributed by atoms with Gasteiger partial charge in [0, 0.05) is 0 Å². The van der Waals surface area contributed by atoms with Gasteiger partial charge in [-0.05, 0) is 19.4 Å². The molecule has 4 nitrogen and oxygen atoms in total. The molecule has 0 bridgehead atoms. The highest BCUT2D eigenvalue weighted by Crippen LogP contribution is 1.97. The lowest BCUT2D eigenvalue weighted by Crippen LogP contribution is -2.35. The molecule has 0 saturated carbocycles. The highest BCUT2D eigenvalue weighted by atomic mass is 35.5. The minimum Gasteiger partial charge on any atom is -0.601 e. The van der Waals surface area contributed by atoms with Gasteiger partial charge in [0.1, 0.15) is 6.08 Å². The van der Waals surface area contributed by atoms with Crippen molar-refractivity contribution in [1.29, 1.82) is 5.41 Å². The van der Waals surface area contributed by atoms with Crippen LogP contribution < -0.4 is 5.11 Å². The van der Waals surface area contributed by atoms with Gasteiger partial charge in [0.15, 0.2) is 0 Å². The van der Waals surface area contributed by atoms with Crippen molar-refractivity contribution in [1.82, 2.24) is 0 Å². The molecule has 0 atom stereocenters. The third-order valence-corrected chi connectivity index (χ3v) is 1.46. The monoisotopic (exact) mass is 210 g/mol. The summed E-state index contributed by atoms with van der Waals surface area (Å²) in [5.41, 5.74) is 0. The summed E-state index contributed by atoms with van der Waals surface area (Å²) in [6.07, 6.45) is 0.942. The number of hydrogen-bond acceptors (Lipinski definition) is 3. The summed E-state index contributed by atoms with van der Waals surface area (Å²) in [7, 11) is 6.36. The van der Waals surface area contributed by atoms with Crippen molar-refractivity contribution < 1.29 is 14.3 Å². The zero-order valence-corrected chi connectivity index (χ0v) is 9.32. The zero-order chi connectivity index (χ0) is 9.61. The second kappa shape index (κ2) is 6.97. The molecule has 0 heterocycles. The zero-order valence-electron chi connectivity index (χ0n) is 8.50. The number of quaternary nitrogens is 1. The Morgan fingerprint density at radius 3 is 2.23 bits per heavy atom. The Balaban J connectivity index is 0. The molecule has 0 spiro atoms. The third-order valence-electron chi connectivity index (χ3n) is 1.46. The van der Waals surface area contributed by atoms with Gasteiger partial charge in [-0.1, -0.05) is 0 Å². The normalized spacial score (nSPS) is 10.4. The van der Waals surface area contributed by atoms with Crippen LogP contribution in [0.3, 0.4) is 0 Å². The highest BCUT2D eigenvalue weighted by Gasteiger charge is 2.04. The van der Waals surface area contributed by atoms with Gasteiger partial charge in [-0.3, -0.25) is 5.41 Å². The molecule has 0 fully saturated rings. The maximum absolute atomic E-state index is 10.0. The lowest BCUT2D eigenvalue weighted by atomic mass is 10.3. The SMILES string of the molecule is C[N+](C)(C)CCCCOC(=N)[O-].Cl. The minimum atomic E-state index is -0.930. The number of unbranched alkanes of at least 4 members (excludes halogenated alkanes) is 1. The first-order valence-electron chi connectivity index (χ1n) is 4.10. The quantitative estimate of drug-likeness (QED) is 0.305. The van der Waals surface area contributed by atoms with Gasteiger partial charge in [0.2, 0.25) is 0 Å². The lowest BCUT2D eigenvalue weighted by Gasteiger charge is -2.24. The van der Waals surface area contributed by atoms with Crippen LogP contribution in [0, 0.1) is 5.41 Å².